The first kappa shape index (κ1) is 16.0. The molecule has 1 aromatic rings. The summed E-state index contributed by atoms with van der Waals surface area (Å²) in [7, 11) is 0. The molecule has 116 valence electrons. The van der Waals surface area contributed by atoms with E-state index in [4.69, 9.17) is 5.84 Å². The molecular weight excluding hydrogens is 262 g/mol. The lowest BCUT2D eigenvalue weighted by Crippen LogP contribution is -2.49. The molecule has 1 aliphatic rings. The molecule has 1 fully saturated rings. The predicted molar refractivity (Wildman–Crippen MR) is 85.5 cm³/mol. The zero-order valence-electron chi connectivity index (χ0n) is 13.3. The fourth-order valence-electron chi connectivity index (χ4n) is 3.43. The smallest absolute Gasteiger partial charge is 0.242 e. The van der Waals surface area contributed by atoms with Gasteiger partial charge in [-0.2, -0.15) is 0 Å². The Morgan fingerprint density at radius 3 is 2.62 bits per heavy atom. The highest BCUT2D eigenvalue weighted by molar-refractivity contribution is 5.83. The summed E-state index contributed by atoms with van der Waals surface area (Å²) in [5, 5.41) is 0. The normalized spacial score (nSPS) is 28.1. The number of carbonyl (C=O) groups is 1. The number of nitrogens with zero attached hydrogens (tertiary/aromatic N) is 1. The Bertz CT molecular complexity index is 462. The monoisotopic (exact) mass is 289 g/mol. The number of hydrogen-bond acceptors (Lipinski definition) is 3. The Hall–Kier alpha value is -1.39. The molecule has 4 unspecified atom stereocenters. The number of nitrogens with one attached hydrogen (secondary N) is 1. The number of carbonyl (C=O) groups excluding carboxylic acids is 1. The summed E-state index contributed by atoms with van der Waals surface area (Å²) in [4.78, 5) is 14.6. The molecular formula is C17H27N3O. The van der Waals surface area contributed by atoms with E-state index in [1.54, 1.807) is 0 Å². The van der Waals surface area contributed by atoms with Crippen molar-refractivity contribution in [2.45, 2.75) is 39.2 Å². The number of amides is 1. The van der Waals surface area contributed by atoms with E-state index in [2.05, 4.69) is 31.1 Å². The van der Waals surface area contributed by atoms with Gasteiger partial charge in [-0.3, -0.25) is 15.1 Å². The Balaban J connectivity index is 2.17. The standard InChI is InChI=1S/C17H27N3O/c1-12-9-13(2)14(3)20(10-12)11-16(17(21)19-18)15-7-5-4-6-8-15/h4-8,12-14,16H,9-11,18H2,1-3H3,(H,19,21). The minimum atomic E-state index is -0.212. The number of likely N-dealkylation sites (tertiary alicyclic amines) is 1. The second-order valence-electron chi connectivity index (χ2n) is 6.48. The van der Waals surface area contributed by atoms with Gasteiger partial charge in [0.05, 0.1) is 5.92 Å². The summed E-state index contributed by atoms with van der Waals surface area (Å²) in [5.41, 5.74) is 3.35. The Kier molecular flexibility index (Phi) is 5.37. The molecule has 0 saturated carbocycles. The van der Waals surface area contributed by atoms with Gasteiger partial charge in [0.25, 0.3) is 0 Å². The lowest BCUT2D eigenvalue weighted by molar-refractivity contribution is -0.123. The number of nitrogens with two attached hydrogens (primary N) is 1. The predicted octanol–water partition coefficient (Wildman–Crippen LogP) is 2.13. The van der Waals surface area contributed by atoms with Crippen molar-refractivity contribution >= 4 is 5.91 Å². The van der Waals surface area contributed by atoms with Gasteiger partial charge in [-0.25, -0.2) is 5.84 Å². The van der Waals surface area contributed by atoms with Crippen LogP contribution < -0.4 is 11.3 Å². The van der Waals surface area contributed by atoms with Crippen LogP contribution >= 0.6 is 0 Å². The lowest BCUT2D eigenvalue weighted by atomic mass is 9.85. The molecule has 3 N–H and O–H groups in total. The second-order valence-corrected chi connectivity index (χ2v) is 6.48. The molecule has 1 saturated heterocycles. The van der Waals surface area contributed by atoms with Crippen LogP contribution in [0.1, 0.15) is 38.7 Å². The number of piperidine rings is 1. The van der Waals surface area contributed by atoms with Crippen molar-refractivity contribution in [3.8, 4) is 0 Å². The van der Waals surface area contributed by atoms with E-state index in [-0.39, 0.29) is 11.8 Å². The van der Waals surface area contributed by atoms with Gasteiger partial charge in [0.2, 0.25) is 5.91 Å². The van der Waals surface area contributed by atoms with Crippen LogP contribution in [0.25, 0.3) is 0 Å². The zero-order valence-corrected chi connectivity index (χ0v) is 13.3. The first-order valence-corrected chi connectivity index (χ1v) is 7.82. The van der Waals surface area contributed by atoms with Crippen molar-refractivity contribution in [1.29, 1.82) is 0 Å². The van der Waals surface area contributed by atoms with E-state index >= 15 is 0 Å². The van der Waals surface area contributed by atoms with Crippen LogP contribution in [0.2, 0.25) is 0 Å². The summed E-state index contributed by atoms with van der Waals surface area (Å²) >= 11 is 0. The fourth-order valence-corrected chi connectivity index (χ4v) is 3.43. The van der Waals surface area contributed by atoms with Crippen molar-refractivity contribution in [2.24, 2.45) is 17.7 Å². The van der Waals surface area contributed by atoms with Crippen LogP contribution in [0.4, 0.5) is 0 Å². The topological polar surface area (TPSA) is 58.4 Å². The van der Waals surface area contributed by atoms with E-state index in [0.717, 1.165) is 18.7 Å². The molecule has 1 heterocycles. The SMILES string of the molecule is CC1CC(C)C(C)N(CC(C(=O)NN)c2ccccc2)C1. The highest BCUT2D eigenvalue weighted by Gasteiger charge is 2.32. The minimum Gasteiger partial charge on any atom is -0.299 e. The third-order valence-electron chi connectivity index (χ3n) is 4.80. The first-order chi connectivity index (χ1) is 10.0. The summed E-state index contributed by atoms with van der Waals surface area (Å²) in [6.45, 7) is 8.62. The Morgan fingerprint density at radius 2 is 2.00 bits per heavy atom. The number of hydrazine groups is 1. The fraction of sp³-hybridized carbons (Fsp3) is 0.588. The van der Waals surface area contributed by atoms with Crippen molar-refractivity contribution in [3.63, 3.8) is 0 Å². The van der Waals surface area contributed by atoms with Crippen molar-refractivity contribution in [3.05, 3.63) is 35.9 Å². The highest BCUT2D eigenvalue weighted by Crippen LogP contribution is 2.29. The molecule has 1 aliphatic heterocycles. The average molecular weight is 289 g/mol. The van der Waals surface area contributed by atoms with E-state index < -0.39 is 0 Å². The minimum absolute atomic E-state index is 0.112. The van der Waals surface area contributed by atoms with Crippen LogP contribution in [-0.4, -0.2) is 29.9 Å². The molecule has 0 bridgehead atoms. The molecule has 21 heavy (non-hydrogen) atoms. The molecule has 1 aromatic carbocycles. The molecule has 1 amide bonds. The zero-order chi connectivity index (χ0) is 15.4. The van der Waals surface area contributed by atoms with Gasteiger partial charge >= 0.3 is 0 Å². The summed E-state index contributed by atoms with van der Waals surface area (Å²) in [6, 6.07) is 10.4. The van der Waals surface area contributed by atoms with E-state index in [1.165, 1.54) is 6.42 Å². The first-order valence-electron chi connectivity index (χ1n) is 7.82. The van der Waals surface area contributed by atoms with Gasteiger partial charge < -0.3 is 0 Å². The van der Waals surface area contributed by atoms with Crippen LogP contribution in [0.5, 0.6) is 0 Å². The van der Waals surface area contributed by atoms with Gasteiger partial charge in [0.1, 0.15) is 0 Å². The molecule has 2 rings (SSSR count). The number of hydrogen-bond donors (Lipinski definition) is 2. The Labute approximate surface area is 127 Å². The molecule has 4 nitrogen and oxygen atoms in total. The third kappa shape index (κ3) is 3.83. The second kappa shape index (κ2) is 7.05. The largest absolute Gasteiger partial charge is 0.299 e. The Morgan fingerprint density at radius 1 is 1.33 bits per heavy atom. The maximum atomic E-state index is 12.2. The van der Waals surface area contributed by atoms with Crippen molar-refractivity contribution < 1.29 is 4.79 Å². The van der Waals surface area contributed by atoms with E-state index in [1.807, 2.05) is 30.3 Å². The maximum absolute atomic E-state index is 12.2. The molecule has 0 aromatic heterocycles. The summed E-state index contributed by atoms with van der Waals surface area (Å²) in [5.74, 6) is 6.40. The van der Waals surface area contributed by atoms with E-state index in [9.17, 15) is 4.79 Å². The lowest BCUT2D eigenvalue weighted by Gasteiger charge is -2.42. The van der Waals surface area contributed by atoms with Crippen molar-refractivity contribution in [1.82, 2.24) is 10.3 Å². The van der Waals surface area contributed by atoms with Crippen LogP contribution in [-0.2, 0) is 4.79 Å². The summed E-state index contributed by atoms with van der Waals surface area (Å²) in [6.07, 6.45) is 1.26. The van der Waals surface area contributed by atoms with E-state index in [0.29, 0.717) is 17.9 Å². The van der Waals surface area contributed by atoms with Gasteiger partial charge in [-0.05, 0) is 30.7 Å². The number of benzene rings is 1. The number of rotatable bonds is 4. The van der Waals surface area contributed by atoms with Crippen LogP contribution in [0.3, 0.4) is 0 Å². The molecule has 0 radical (unpaired) electrons. The van der Waals surface area contributed by atoms with Crippen LogP contribution in [0.15, 0.2) is 30.3 Å². The van der Waals surface area contributed by atoms with Gasteiger partial charge in [-0.15, -0.1) is 0 Å². The average Bonchev–Trinajstić information content (AvgIpc) is 2.49. The maximum Gasteiger partial charge on any atom is 0.242 e. The van der Waals surface area contributed by atoms with Gasteiger partial charge in [0.15, 0.2) is 0 Å². The van der Waals surface area contributed by atoms with Gasteiger partial charge in [0, 0.05) is 19.1 Å². The van der Waals surface area contributed by atoms with Crippen LogP contribution in [0, 0.1) is 11.8 Å². The quantitative estimate of drug-likeness (QED) is 0.507. The molecule has 4 heteroatoms. The highest BCUT2D eigenvalue weighted by atomic mass is 16.2. The third-order valence-corrected chi connectivity index (χ3v) is 4.80. The molecule has 4 atom stereocenters. The van der Waals surface area contributed by atoms with Crippen molar-refractivity contribution in [2.75, 3.05) is 13.1 Å². The molecule has 0 aliphatic carbocycles. The van der Waals surface area contributed by atoms with Gasteiger partial charge in [-0.1, -0.05) is 44.2 Å². The molecule has 0 spiro atoms. The summed E-state index contributed by atoms with van der Waals surface area (Å²) < 4.78 is 0.